The van der Waals surface area contributed by atoms with Crippen LogP contribution in [-0.4, -0.2) is 19.4 Å². The molecule has 2 aromatic carbocycles. The fraction of sp³-hybridized carbons (Fsp3) is 0.538. The van der Waals surface area contributed by atoms with Gasteiger partial charge < -0.3 is 0 Å². The van der Waals surface area contributed by atoms with Gasteiger partial charge in [0.1, 0.15) is 0 Å². The van der Waals surface area contributed by atoms with Gasteiger partial charge in [-0.2, -0.15) is 10.2 Å². The first-order valence-electron chi connectivity index (χ1n) is 11.5. The van der Waals surface area contributed by atoms with Gasteiger partial charge in [-0.3, -0.25) is 0 Å². The number of nitrogens with zero attached hydrogens (tertiary/aromatic N) is 2. The van der Waals surface area contributed by atoms with Crippen molar-refractivity contribution < 1.29 is 8.42 Å². The summed E-state index contributed by atoms with van der Waals surface area (Å²) in [6.07, 6.45) is 6.65. The Labute approximate surface area is 188 Å². The molecule has 0 amide bonds. The molecule has 0 N–H and O–H groups in total. The summed E-state index contributed by atoms with van der Waals surface area (Å²) >= 11 is 0. The van der Waals surface area contributed by atoms with Gasteiger partial charge in [0, 0.05) is 0 Å². The Morgan fingerprint density at radius 1 is 0.903 bits per heavy atom. The van der Waals surface area contributed by atoms with E-state index >= 15 is 0 Å². The highest BCUT2D eigenvalue weighted by atomic mass is 32.2. The van der Waals surface area contributed by atoms with E-state index in [0.29, 0.717) is 17.6 Å². The van der Waals surface area contributed by atoms with Crippen LogP contribution < -0.4 is 0 Å². The van der Waals surface area contributed by atoms with Crippen LogP contribution >= 0.6 is 0 Å². The molecule has 1 fully saturated rings. The van der Waals surface area contributed by atoms with Gasteiger partial charge in [-0.1, -0.05) is 37.1 Å². The third kappa shape index (κ3) is 6.73. The maximum Gasteiger partial charge on any atom is 0.152 e. The number of benzene rings is 2. The van der Waals surface area contributed by atoms with E-state index in [-0.39, 0.29) is 5.25 Å². The molecule has 1 saturated carbocycles. The van der Waals surface area contributed by atoms with Gasteiger partial charge in [-0.25, -0.2) is 8.42 Å². The van der Waals surface area contributed by atoms with Crippen LogP contribution in [0.1, 0.15) is 62.6 Å². The average Bonchev–Trinajstić information content (AvgIpc) is 2.73. The van der Waals surface area contributed by atoms with Crippen molar-refractivity contribution in [2.45, 2.75) is 71.5 Å². The van der Waals surface area contributed by atoms with Crippen molar-refractivity contribution in [3.05, 3.63) is 59.2 Å². The SMILES string of the molecule is Cc1cc(N=Nc2ccccc2C)ccc1CCC1CCC(CS(=O)(=O)C(C)C)CC1. The molecule has 0 unspecified atom stereocenters. The molecule has 1 aliphatic rings. The molecule has 0 aliphatic heterocycles. The van der Waals surface area contributed by atoms with Crippen molar-refractivity contribution in [2.75, 3.05) is 5.75 Å². The topological polar surface area (TPSA) is 58.9 Å². The van der Waals surface area contributed by atoms with E-state index < -0.39 is 9.84 Å². The fourth-order valence-corrected chi connectivity index (χ4v) is 5.75. The van der Waals surface area contributed by atoms with E-state index in [2.05, 4.69) is 35.4 Å². The minimum Gasteiger partial charge on any atom is -0.229 e. The zero-order valence-electron chi connectivity index (χ0n) is 19.3. The summed E-state index contributed by atoms with van der Waals surface area (Å²) in [5.74, 6) is 1.43. The Balaban J connectivity index is 1.50. The van der Waals surface area contributed by atoms with E-state index in [1.54, 1.807) is 13.8 Å². The second kappa shape index (κ2) is 10.5. The minimum absolute atomic E-state index is 0.257. The first-order valence-corrected chi connectivity index (χ1v) is 13.2. The van der Waals surface area contributed by atoms with Crippen LogP contribution in [-0.2, 0) is 16.3 Å². The second-order valence-electron chi connectivity index (χ2n) is 9.40. The van der Waals surface area contributed by atoms with Gasteiger partial charge in [-0.15, -0.1) is 0 Å². The standard InChI is InChI=1S/C26H36N2O2S/c1-19(2)31(29,30)18-23-11-9-22(10-12-23)13-14-24-15-16-25(17-21(24)4)27-28-26-8-6-5-7-20(26)3/h5-8,15-17,19,22-23H,9-14,18H2,1-4H3. The van der Waals surface area contributed by atoms with E-state index in [1.807, 2.05) is 31.2 Å². The van der Waals surface area contributed by atoms with Gasteiger partial charge in [0.05, 0.1) is 22.4 Å². The number of aryl methyl sites for hydroxylation is 3. The zero-order chi connectivity index (χ0) is 22.4. The lowest BCUT2D eigenvalue weighted by molar-refractivity contribution is 0.278. The molecule has 168 valence electrons. The Hall–Kier alpha value is -2.01. The Morgan fingerprint density at radius 2 is 1.58 bits per heavy atom. The predicted molar refractivity (Wildman–Crippen MR) is 129 cm³/mol. The summed E-state index contributed by atoms with van der Waals surface area (Å²) in [7, 11) is -2.92. The van der Waals surface area contributed by atoms with Gasteiger partial charge in [0.15, 0.2) is 9.84 Å². The molecule has 5 heteroatoms. The van der Waals surface area contributed by atoms with Gasteiger partial charge in [0.25, 0.3) is 0 Å². The summed E-state index contributed by atoms with van der Waals surface area (Å²) in [4.78, 5) is 0. The molecule has 4 nitrogen and oxygen atoms in total. The quantitative estimate of drug-likeness (QED) is 0.405. The van der Waals surface area contributed by atoms with Crippen molar-refractivity contribution in [1.82, 2.24) is 0 Å². The Morgan fingerprint density at radius 3 is 2.23 bits per heavy atom. The van der Waals surface area contributed by atoms with E-state index in [4.69, 9.17) is 0 Å². The molecular formula is C26H36N2O2S. The van der Waals surface area contributed by atoms with Gasteiger partial charge in [-0.05, 0) is 100 Å². The van der Waals surface area contributed by atoms with E-state index in [0.717, 1.165) is 49.0 Å². The van der Waals surface area contributed by atoms with Crippen LogP contribution in [0.2, 0.25) is 0 Å². The second-order valence-corrected chi connectivity index (χ2v) is 12.0. The highest BCUT2D eigenvalue weighted by Crippen LogP contribution is 2.33. The summed E-state index contributed by atoms with van der Waals surface area (Å²) in [5, 5.41) is 8.55. The van der Waals surface area contributed by atoms with Crippen LogP contribution in [0.5, 0.6) is 0 Å². The highest BCUT2D eigenvalue weighted by Gasteiger charge is 2.27. The minimum atomic E-state index is -2.92. The number of azo groups is 1. The molecule has 0 radical (unpaired) electrons. The van der Waals surface area contributed by atoms with E-state index in [9.17, 15) is 8.42 Å². The van der Waals surface area contributed by atoms with Crippen molar-refractivity contribution in [3.63, 3.8) is 0 Å². The van der Waals surface area contributed by atoms with Crippen molar-refractivity contribution in [1.29, 1.82) is 0 Å². The molecule has 3 rings (SSSR count). The van der Waals surface area contributed by atoms with Crippen molar-refractivity contribution >= 4 is 21.2 Å². The molecule has 31 heavy (non-hydrogen) atoms. The number of rotatable bonds is 8. The molecule has 0 aromatic heterocycles. The van der Waals surface area contributed by atoms with Crippen LogP contribution in [0, 0.1) is 25.7 Å². The Bertz CT molecular complexity index is 1000. The molecule has 2 aromatic rings. The molecule has 0 atom stereocenters. The summed E-state index contributed by atoms with van der Waals surface area (Å²) < 4.78 is 24.4. The van der Waals surface area contributed by atoms with Gasteiger partial charge in [0.2, 0.25) is 0 Å². The number of hydrogen-bond acceptors (Lipinski definition) is 4. The van der Waals surface area contributed by atoms with Crippen LogP contribution in [0.4, 0.5) is 11.4 Å². The summed E-state index contributed by atoms with van der Waals surface area (Å²) in [6.45, 7) is 7.77. The maximum atomic E-state index is 12.2. The average molecular weight is 441 g/mol. The normalized spacial score (nSPS) is 19.9. The monoisotopic (exact) mass is 440 g/mol. The molecular weight excluding hydrogens is 404 g/mol. The first kappa shape index (κ1) is 23.6. The third-order valence-corrected chi connectivity index (χ3v) is 9.06. The Kier molecular flexibility index (Phi) is 8.04. The highest BCUT2D eigenvalue weighted by molar-refractivity contribution is 7.91. The van der Waals surface area contributed by atoms with Crippen molar-refractivity contribution in [3.8, 4) is 0 Å². The van der Waals surface area contributed by atoms with Gasteiger partial charge >= 0.3 is 0 Å². The fourth-order valence-electron chi connectivity index (χ4n) is 4.38. The van der Waals surface area contributed by atoms with E-state index in [1.165, 1.54) is 17.5 Å². The maximum absolute atomic E-state index is 12.2. The molecule has 0 spiro atoms. The number of hydrogen-bond donors (Lipinski definition) is 0. The lowest BCUT2D eigenvalue weighted by Crippen LogP contribution is -2.26. The first-order chi connectivity index (χ1) is 14.7. The lowest BCUT2D eigenvalue weighted by atomic mass is 9.80. The van der Waals surface area contributed by atoms with Crippen molar-refractivity contribution in [2.24, 2.45) is 22.1 Å². The third-order valence-electron chi connectivity index (χ3n) is 6.69. The largest absolute Gasteiger partial charge is 0.229 e. The molecule has 1 aliphatic carbocycles. The van der Waals surface area contributed by atoms with Crippen LogP contribution in [0.15, 0.2) is 52.7 Å². The van der Waals surface area contributed by atoms with Crippen LogP contribution in [0.3, 0.4) is 0 Å². The molecule has 0 saturated heterocycles. The lowest BCUT2D eigenvalue weighted by Gasteiger charge is -2.29. The molecule has 0 heterocycles. The smallest absolute Gasteiger partial charge is 0.152 e. The predicted octanol–water partition coefficient (Wildman–Crippen LogP) is 7.28. The summed E-state index contributed by atoms with van der Waals surface area (Å²) in [6, 6.07) is 14.4. The summed E-state index contributed by atoms with van der Waals surface area (Å²) in [5.41, 5.74) is 5.55. The number of sulfone groups is 1. The molecule has 0 bridgehead atoms. The van der Waals surface area contributed by atoms with Crippen LogP contribution in [0.25, 0.3) is 0 Å². The zero-order valence-corrected chi connectivity index (χ0v) is 20.2.